The Kier molecular flexibility index (Phi) is 4.43. The number of nitrogens with zero attached hydrogens (tertiary/aromatic N) is 3. The molecule has 1 fully saturated rings. The summed E-state index contributed by atoms with van der Waals surface area (Å²) in [5, 5.41) is 7.06. The van der Waals surface area contributed by atoms with Gasteiger partial charge in [0.05, 0.1) is 23.5 Å². The Morgan fingerprint density at radius 1 is 1.48 bits per heavy atom. The van der Waals surface area contributed by atoms with Gasteiger partial charge in [-0.25, -0.2) is 4.39 Å². The number of carbonyl (C=O) groups is 1. The van der Waals surface area contributed by atoms with Crippen LogP contribution in [0.15, 0.2) is 30.5 Å². The number of hydrogen-bond donors (Lipinski definition) is 1. The van der Waals surface area contributed by atoms with Gasteiger partial charge in [0, 0.05) is 20.6 Å². The number of nitrogens with one attached hydrogen (secondary N) is 1. The molecule has 1 atom stereocenters. The van der Waals surface area contributed by atoms with Gasteiger partial charge in [0.2, 0.25) is 0 Å². The van der Waals surface area contributed by atoms with E-state index < -0.39 is 0 Å². The van der Waals surface area contributed by atoms with Gasteiger partial charge in [-0.2, -0.15) is 5.10 Å². The van der Waals surface area contributed by atoms with Crippen molar-refractivity contribution in [1.82, 2.24) is 20.0 Å². The molecule has 1 N–H and O–H groups in total. The van der Waals surface area contributed by atoms with E-state index in [1.165, 1.54) is 6.07 Å². The third-order valence-electron chi connectivity index (χ3n) is 4.28. The van der Waals surface area contributed by atoms with Crippen LogP contribution in [0.25, 0.3) is 0 Å². The molecule has 5 nitrogen and oxygen atoms in total. The predicted molar refractivity (Wildman–Crippen MR) is 85.4 cm³/mol. The molecule has 0 aliphatic carbocycles. The van der Waals surface area contributed by atoms with Crippen LogP contribution in [0.5, 0.6) is 0 Å². The van der Waals surface area contributed by atoms with Crippen molar-refractivity contribution in [3.63, 3.8) is 0 Å². The molecule has 0 radical (unpaired) electrons. The van der Waals surface area contributed by atoms with Crippen molar-refractivity contribution >= 4 is 5.91 Å². The molecule has 1 aromatic heterocycles. The Hall–Kier alpha value is -2.21. The summed E-state index contributed by atoms with van der Waals surface area (Å²) >= 11 is 0. The van der Waals surface area contributed by atoms with Crippen LogP contribution in [0, 0.1) is 5.82 Å². The van der Waals surface area contributed by atoms with Crippen molar-refractivity contribution < 1.29 is 9.18 Å². The topological polar surface area (TPSA) is 52.2 Å². The minimum Gasteiger partial charge on any atom is -0.345 e. The average molecular weight is 316 g/mol. The summed E-state index contributed by atoms with van der Waals surface area (Å²) < 4.78 is 13.4. The van der Waals surface area contributed by atoms with Gasteiger partial charge in [-0.05, 0) is 37.1 Å². The summed E-state index contributed by atoms with van der Waals surface area (Å²) in [6, 6.07) is 6.78. The summed E-state index contributed by atoms with van der Waals surface area (Å²) in [7, 11) is 3.47. The SMILES string of the molecule is CN(C)C(=O)c1cn[nH]c1[C@H]1CCCN1Cc1cccc(F)c1. The minimum absolute atomic E-state index is 0.0497. The van der Waals surface area contributed by atoms with Gasteiger partial charge >= 0.3 is 0 Å². The molecule has 3 rings (SSSR count). The monoisotopic (exact) mass is 316 g/mol. The Balaban J connectivity index is 1.82. The lowest BCUT2D eigenvalue weighted by atomic mass is 10.1. The normalized spacial score (nSPS) is 18.3. The summed E-state index contributed by atoms with van der Waals surface area (Å²) in [5.41, 5.74) is 2.42. The molecule has 122 valence electrons. The lowest BCUT2D eigenvalue weighted by molar-refractivity contribution is 0.0824. The quantitative estimate of drug-likeness (QED) is 0.943. The van der Waals surface area contributed by atoms with Gasteiger partial charge in [-0.15, -0.1) is 0 Å². The van der Waals surface area contributed by atoms with E-state index in [4.69, 9.17) is 0 Å². The average Bonchev–Trinajstić information content (AvgIpc) is 3.14. The molecule has 0 unspecified atom stereocenters. The molecule has 0 bridgehead atoms. The highest BCUT2D eigenvalue weighted by atomic mass is 19.1. The Morgan fingerprint density at radius 2 is 2.30 bits per heavy atom. The van der Waals surface area contributed by atoms with Gasteiger partial charge in [-0.3, -0.25) is 14.8 Å². The fourth-order valence-corrected chi connectivity index (χ4v) is 3.17. The first-order valence-corrected chi connectivity index (χ1v) is 7.79. The zero-order chi connectivity index (χ0) is 16.4. The van der Waals surface area contributed by atoms with Crippen molar-refractivity contribution in [3.05, 3.63) is 53.1 Å². The van der Waals surface area contributed by atoms with Crippen LogP contribution in [0.1, 0.15) is 40.5 Å². The van der Waals surface area contributed by atoms with E-state index in [1.54, 1.807) is 37.3 Å². The number of carbonyl (C=O) groups excluding carboxylic acids is 1. The number of aromatic amines is 1. The van der Waals surface area contributed by atoms with Crippen LogP contribution in [-0.2, 0) is 6.54 Å². The second-order valence-corrected chi connectivity index (χ2v) is 6.16. The number of amides is 1. The van der Waals surface area contributed by atoms with Crippen molar-refractivity contribution in [3.8, 4) is 0 Å². The minimum atomic E-state index is -0.219. The number of rotatable bonds is 4. The summed E-state index contributed by atoms with van der Waals surface area (Å²) in [5.74, 6) is -0.269. The first kappa shape index (κ1) is 15.7. The van der Waals surface area contributed by atoms with E-state index in [0.717, 1.165) is 30.6 Å². The maximum absolute atomic E-state index is 13.4. The number of hydrogen-bond acceptors (Lipinski definition) is 3. The Morgan fingerprint density at radius 3 is 3.04 bits per heavy atom. The standard InChI is InChI=1S/C17H21FN4O/c1-21(2)17(23)14-10-19-20-16(14)15-7-4-8-22(15)11-12-5-3-6-13(18)9-12/h3,5-6,9-10,15H,4,7-8,11H2,1-2H3,(H,19,20)/t15-/m1/s1. The molecule has 2 heterocycles. The van der Waals surface area contributed by atoms with Gasteiger partial charge in [-0.1, -0.05) is 12.1 Å². The highest BCUT2D eigenvalue weighted by Gasteiger charge is 2.31. The highest BCUT2D eigenvalue weighted by Crippen LogP contribution is 2.34. The summed E-state index contributed by atoms with van der Waals surface area (Å²) in [6.07, 6.45) is 3.61. The fourth-order valence-electron chi connectivity index (χ4n) is 3.17. The van der Waals surface area contributed by atoms with E-state index in [1.807, 2.05) is 6.07 Å². The van der Waals surface area contributed by atoms with E-state index in [-0.39, 0.29) is 17.8 Å². The zero-order valence-corrected chi connectivity index (χ0v) is 13.4. The van der Waals surface area contributed by atoms with Gasteiger partial charge in [0.25, 0.3) is 5.91 Å². The van der Waals surface area contributed by atoms with Gasteiger partial charge in [0.15, 0.2) is 0 Å². The number of aromatic nitrogens is 2. The van der Waals surface area contributed by atoms with Crippen LogP contribution in [0.3, 0.4) is 0 Å². The molecule has 2 aromatic rings. The highest BCUT2D eigenvalue weighted by molar-refractivity contribution is 5.94. The first-order chi connectivity index (χ1) is 11.1. The van der Waals surface area contributed by atoms with Crippen LogP contribution in [-0.4, -0.2) is 46.5 Å². The molecule has 1 saturated heterocycles. The van der Waals surface area contributed by atoms with E-state index in [0.29, 0.717) is 12.1 Å². The molecular weight excluding hydrogens is 295 g/mol. The van der Waals surface area contributed by atoms with Crippen LogP contribution < -0.4 is 0 Å². The van der Waals surface area contributed by atoms with E-state index in [2.05, 4.69) is 15.1 Å². The number of benzene rings is 1. The number of halogens is 1. The summed E-state index contributed by atoms with van der Waals surface area (Å²) in [6.45, 7) is 1.59. The molecule has 23 heavy (non-hydrogen) atoms. The molecule has 0 saturated carbocycles. The lowest BCUT2D eigenvalue weighted by Gasteiger charge is -2.24. The molecule has 0 spiro atoms. The van der Waals surface area contributed by atoms with Crippen molar-refractivity contribution in [2.45, 2.75) is 25.4 Å². The maximum Gasteiger partial charge on any atom is 0.256 e. The summed E-state index contributed by atoms with van der Waals surface area (Å²) in [4.78, 5) is 16.1. The van der Waals surface area contributed by atoms with Crippen LogP contribution >= 0.6 is 0 Å². The van der Waals surface area contributed by atoms with Crippen LogP contribution in [0.4, 0.5) is 4.39 Å². The second kappa shape index (κ2) is 6.50. The molecule has 6 heteroatoms. The molecule has 1 aromatic carbocycles. The Labute approximate surface area is 135 Å². The van der Waals surface area contributed by atoms with E-state index >= 15 is 0 Å². The van der Waals surface area contributed by atoms with Crippen molar-refractivity contribution in [1.29, 1.82) is 0 Å². The molecular formula is C17H21FN4O. The molecule has 1 aliphatic heterocycles. The number of likely N-dealkylation sites (tertiary alicyclic amines) is 1. The Bertz CT molecular complexity index is 697. The molecule has 1 amide bonds. The van der Waals surface area contributed by atoms with Gasteiger partial charge in [0.1, 0.15) is 5.82 Å². The second-order valence-electron chi connectivity index (χ2n) is 6.16. The number of H-pyrrole nitrogens is 1. The fraction of sp³-hybridized carbons (Fsp3) is 0.412. The van der Waals surface area contributed by atoms with Crippen molar-refractivity contribution in [2.75, 3.05) is 20.6 Å². The smallest absolute Gasteiger partial charge is 0.256 e. The third-order valence-corrected chi connectivity index (χ3v) is 4.28. The third kappa shape index (κ3) is 3.27. The molecule has 1 aliphatic rings. The van der Waals surface area contributed by atoms with E-state index in [9.17, 15) is 9.18 Å². The lowest BCUT2D eigenvalue weighted by Crippen LogP contribution is -2.27. The van der Waals surface area contributed by atoms with Crippen molar-refractivity contribution in [2.24, 2.45) is 0 Å². The first-order valence-electron chi connectivity index (χ1n) is 7.79. The maximum atomic E-state index is 13.4. The largest absolute Gasteiger partial charge is 0.345 e. The van der Waals surface area contributed by atoms with Gasteiger partial charge < -0.3 is 4.90 Å². The van der Waals surface area contributed by atoms with Crippen LogP contribution in [0.2, 0.25) is 0 Å². The predicted octanol–water partition coefficient (Wildman–Crippen LogP) is 2.59. The zero-order valence-electron chi connectivity index (χ0n) is 13.4.